The molecule has 0 aliphatic rings. The van der Waals surface area contributed by atoms with Crippen molar-refractivity contribution >= 4 is 11.0 Å². The van der Waals surface area contributed by atoms with Gasteiger partial charge in [-0.2, -0.15) is 0 Å². The van der Waals surface area contributed by atoms with E-state index in [1.165, 1.54) is 6.33 Å². The number of H-pyrrole nitrogens is 1. The zero-order valence-corrected chi connectivity index (χ0v) is 7.75. The number of aromatic nitrogens is 5. The highest BCUT2D eigenvalue weighted by Gasteiger charge is 2.06. The number of rotatable bonds is 1. The van der Waals surface area contributed by atoms with Crippen LogP contribution < -0.4 is 0 Å². The minimum atomic E-state index is 0.889. The Kier molecular flexibility index (Phi) is 1.68. The van der Waals surface area contributed by atoms with Crippen molar-refractivity contribution in [2.24, 2.45) is 0 Å². The lowest BCUT2D eigenvalue weighted by molar-refractivity contribution is 1.17. The molecule has 3 aromatic rings. The summed E-state index contributed by atoms with van der Waals surface area (Å²) < 4.78 is 0. The monoisotopic (exact) mass is 197 g/mol. The molecule has 0 saturated carbocycles. The lowest BCUT2D eigenvalue weighted by atomic mass is 10.1. The molecule has 0 aliphatic carbocycles. The SMILES string of the molecule is c1ncc(-c2cncc3[nH]cnc23)cn1. The second kappa shape index (κ2) is 3.13. The average molecular weight is 197 g/mol. The molecule has 15 heavy (non-hydrogen) atoms. The lowest BCUT2D eigenvalue weighted by Crippen LogP contribution is -1.85. The number of aromatic amines is 1. The van der Waals surface area contributed by atoms with Crippen LogP contribution in [-0.4, -0.2) is 24.9 Å². The van der Waals surface area contributed by atoms with Crippen molar-refractivity contribution in [3.63, 3.8) is 0 Å². The lowest BCUT2D eigenvalue weighted by Gasteiger charge is -1.99. The molecular weight excluding hydrogens is 190 g/mol. The van der Waals surface area contributed by atoms with Crippen LogP contribution in [0.1, 0.15) is 0 Å². The van der Waals surface area contributed by atoms with E-state index >= 15 is 0 Å². The highest BCUT2D eigenvalue weighted by atomic mass is 14.9. The van der Waals surface area contributed by atoms with Gasteiger partial charge in [0.2, 0.25) is 0 Å². The van der Waals surface area contributed by atoms with E-state index in [1.807, 2.05) is 0 Å². The van der Waals surface area contributed by atoms with Crippen LogP contribution in [0.15, 0.2) is 37.4 Å². The Morgan fingerprint density at radius 2 is 1.80 bits per heavy atom. The van der Waals surface area contributed by atoms with Crippen LogP contribution >= 0.6 is 0 Å². The van der Waals surface area contributed by atoms with Crippen LogP contribution in [0.4, 0.5) is 0 Å². The van der Waals surface area contributed by atoms with Gasteiger partial charge in [-0.3, -0.25) is 4.98 Å². The summed E-state index contributed by atoms with van der Waals surface area (Å²) in [4.78, 5) is 19.3. The van der Waals surface area contributed by atoms with Crippen molar-refractivity contribution in [1.29, 1.82) is 0 Å². The van der Waals surface area contributed by atoms with Crippen molar-refractivity contribution in [1.82, 2.24) is 24.9 Å². The van der Waals surface area contributed by atoms with Crippen LogP contribution in [0.25, 0.3) is 22.2 Å². The summed E-state index contributed by atoms with van der Waals surface area (Å²) in [7, 11) is 0. The van der Waals surface area contributed by atoms with E-state index in [4.69, 9.17) is 0 Å². The standard InChI is InChI=1S/C10H7N5/c1-7(2-13-5-12-1)8-3-11-4-9-10(8)15-6-14-9/h1-6H,(H,14,15). The molecule has 0 fully saturated rings. The Balaban J connectivity index is 2.31. The molecule has 0 saturated heterocycles. The van der Waals surface area contributed by atoms with E-state index < -0.39 is 0 Å². The summed E-state index contributed by atoms with van der Waals surface area (Å²) in [6.07, 6.45) is 10.2. The van der Waals surface area contributed by atoms with Crippen molar-refractivity contribution in [3.8, 4) is 11.1 Å². The quantitative estimate of drug-likeness (QED) is 0.640. The number of imidazole rings is 1. The van der Waals surface area contributed by atoms with E-state index in [9.17, 15) is 0 Å². The van der Waals surface area contributed by atoms with E-state index in [0.29, 0.717) is 0 Å². The number of nitrogens with one attached hydrogen (secondary N) is 1. The molecule has 0 unspecified atom stereocenters. The first-order chi connectivity index (χ1) is 7.45. The zero-order valence-electron chi connectivity index (χ0n) is 7.75. The first-order valence-corrected chi connectivity index (χ1v) is 4.47. The van der Waals surface area contributed by atoms with Gasteiger partial charge in [-0.25, -0.2) is 15.0 Å². The van der Waals surface area contributed by atoms with E-state index in [1.54, 1.807) is 31.1 Å². The molecule has 0 aromatic carbocycles. The van der Waals surface area contributed by atoms with Gasteiger partial charge >= 0.3 is 0 Å². The van der Waals surface area contributed by atoms with Gasteiger partial charge in [-0.05, 0) is 0 Å². The predicted octanol–water partition coefficient (Wildman–Crippen LogP) is 1.41. The molecule has 3 rings (SSSR count). The van der Waals surface area contributed by atoms with Gasteiger partial charge in [0, 0.05) is 29.7 Å². The number of nitrogens with zero attached hydrogens (tertiary/aromatic N) is 4. The van der Waals surface area contributed by atoms with Crippen molar-refractivity contribution in [2.75, 3.05) is 0 Å². The number of pyridine rings is 1. The fraction of sp³-hybridized carbons (Fsp3) is 0. The van der Waals surface area contributed by atoms with Crippen LogP contribution in [0.2, 0.25) is 0 Å². The Morgan fingerprint density at radius 1 is 0.933 bits per heavy atom. The highest BCUT2D eigenvalue weighted by Crippen LogP contribution is 2.23. The van der Waals surface area contributed by atoms with Crippen molar-refractivity contribution in [3.05, 3.63) is 37.4 Å². The van der Waals surface area contributed by atoms with Crippen LogP contribution in [0.3, 0.4) is 0 Å². The molecule has 0 spiro atoms. The number of hydrogen-bond donors (Lipinski definition) is 1. The molecule has 72 valence electrons. The fourth-order valence-electron chi connectivity index (χ4n) is 1.51. The summed E-state index contributed by atoms with van der Waals surface area (Å²) >= 11 is 0. The molecule has 5 nitrogen and oxygen atoms in total. The van der Waals surface area contributed by atoms with Gasteiger partial charge in [-0.15, -0.1) is 0 Å². The van der Waals surface area contributed by atoms with Crippen molar-refractivity contribution < 1.29 is 0 Å². The maximum absolute atomic E-state index is 4.24. The van der Waals surface area contributed by atoms with E-state index in [0.717, 1.165) is 22.2 Å². The molecule has 0 amide bonds. The van der Waals surface area contributed by atoms with Gasteiger partial charge in [0.25, 0.3) is 0 Å². The maximum atomic E-state index is 4.24. The van der Waals surface area contributed by atoms with E-state index in [-0.39, 0.29) is 0 Å². The summed E-state index contributed by atoms with van der Waals surface area (Å²) in [6, 6.07) is 0. The third-order valence-corrected chi connectivity index (χ3v) is 2.20. The van der Waals surface area contributed by atoms with E-state index in [2.05, 4.69) is 24.9 Å². The summed E-state index contributed by atoms with van der Waals surface area (Å²) in [5.41, 5.74) is 3.66. The summed E-state index contributed by atoms with van der Waals surface area (Å²) in [5.74, 6) is 0. The zero-order chi connectivity index (χ0) is 10.1. The second-order valence-electron chi connectivity index (χ2n) is 3.11. The Morgan fingerprint density at radius 3 is 2.67 bits per heavy atom. The summed E-state index contributed by atoms with van der Waals surface area (Å²) in [6.45, 7) is 0. The van der Waals surface area contributed by atoms with Gasteiger partial charge < -0.3 is 4.98 Å². The third kappa shape index (κ3) is 1.25. The number of fused-ring (bicyclic) bond motifs is 1. The predicted molar refractivity (Wildman–Crippen MR) is 54.9 cm³/mol. The Hall–Kier alpha value is -2.30. The number of hydrogen-bond acceptors (Lipinski definition) is 4. The Labute approximate surface area is 85.3 Å². The first kappa shape index (κ1) is 8.05. The van der Waals surface area contributed by atoms with Crippen LogP contribution in [-0.2, 0) is 0 Å². The van der Waals surface area contributed by atoms with Gasteiger partial charge in [0.15, 0.2) is 0 Å². The normalized spacial score (nSPS) is 10.7. The van der Waals surface area contributed by atoms with Crippen molar-refractivity contribution in [2.45, 2.75) is 0 Å². The molecule has 0 atom stereocenters. The molecule has 1 N–H and O–H groups in total. The molecule has 3 aromatic heterocycles. The highest BCUT2D eigenvalue weighted by molar-refractivity contribution is 5.90. The van der Waals surface area contributed by atoms with Crippen LogP contribution in [0, 0.1) is 0 Å². The molecule has 3 heterocycles. The van der Waals surface area contributed by atoms with Gasteiger partial charge in [-0.1, -0.05) is 0 Å². The fourth-order valence-corrected chi connectivity index (χ4v) is 1.51. The maximum Gasteiger partial charge on any atom is 0.115 e. The molecule has 0 radical (unpaired) electrons. The minimum absolute atomic E-state index is 0.889. The third-order valence-electron chi connectivity index (χ3n) is 2.20. The Bertz CT molecular complexity index is 587. The average Bonchev–Trinajstić information content (AvgIpc) is 2.78. The minimum Gasteiger partial charge on any atom is -0.343 e. The smallest absolute Gasteiger partial charge is 0.115 e. The van der Waals surface area contributed by atoms with Gasteiger partial charge in [0.1, 0.15) is 6.33 Å². The molecule has 0 bridgehead atoms. The van der Waals surface area contributed by atoms with Crippen LogP contribution in [0.5, 0.6) is 0 Å². The first-order valence-electron chi connectivity index (χ1n) is 4.47. The van der Waals surface area contributed by atoms with Gasteiger partial charge in [0.05, 0.1) is 23.6 Å². The molecule has 5 heteroatoms. The summed E-state index contributed by atoms with van der Waals surface area (Å²) in [5, 5.41) is 0. The molecule has 0 aliphatic heterocycles. The second-order valence-corrected chi connectivity index (χ2v) is 3.11. The topological polar surface area (TPSA) is 67.3 Å². The largest absolute Gasteiger partial charge is 0.343 e. The molecular formula is C10H7N5.